The van der Waals surface area contributed by atoms with Crippen LogP contribution in [0.3, 0.4) is 0 Å². The van der Waals surface area contributed by atoms with Gasteiger partial charge in [-0.3, -0.25) is 9.59 Å². The van der Waals surface area contributed by atoms with E-state index in [0.717, 1.165) is 68.8 Å². The van der Waals surface area contributed by atoms with Crippen molar-refractivity contribution >= 4 is 11.6 Å². The Labute approximate surface area is 188 Å². The molecule has 31 heavy (non-hydrogen) atoms. The Bertz CT molecular complexity index is 769. The fourth-order valence-corrected chi connectivity index (χ4v) is 6.62. The van der Waals surface area contributed by atoms with E-state index in [1.807, 2.05) is 6.07 Å². The van der Waals surface area contributed by atoms with Crippen LogP contribution < -0.4 is 0 Å². The van der Waals surface area contributed by atoms with Crippen LogP contribution in [0.1, 0.15) is 108 Å². The fourth-order valence-electron chi connectivity index (χ4n) is 6.62. The molecule has 2 unspecified atom stereocenters. The summed E-state index contributed by atoms with van der Waals surface area (Å²) in [6.45, 7) is 0. The smallest absolute Gasteiger partial charge is 0.158 e. The molecule has 0 N–H and O–H groups in total. The summed E-state index contributed by atoms with van der Waals surface area (Å²) in [5.41, 5.74) is 2.05. The zero-order valence-corrected chi connectivity index (χ0v) is 19.2. The summed E-state index contributed by atoms with van der Waals surface area (Å²) < 4.78 is 0. The largest absolute Gasteiger partial charge is 0.299 e. The third-order valence-electron chi connectivity index (χ3n) is 8.45. The van der Waals surface area contributed by atoms with E-state index in [1.165, 1.54) is 44.1 Å². The first-order valence-electron chi connectivity index (χ1n) is 13.0. The molecular formula is C29H40O2. The Morgan fingerprint density at radius 1 is 0.806 bits per heavy atom. The predicted octanol–water partition coefficient (Wildman–Crippen LogP) is 7.50. The molecule has 0 aromatic heterocycles. The first kappa shape index (κ1) is 22.5. The SMILES string of the molecule is O=C(CCCCC(=O)C1(c2ccccc2)CCCC1)C1=CCCCC2CCCCC2C1. The van der Waals surface area contributed by atoms with Crippen molar-refractivity contribution in [1.82, 2.24) is 0 Å². The van der Waals surface area contributed by atoms with Gasteiger partial charge >= 0.3 is 0 Å². The number of fused-ring (bicyclic) bond motifs is 1. The third kappa shape index (κ3) is 5.38. The number of Topliss-reactive ketones (excluding diaryl/α,β-unsaturated/α-hetero) is 2. The van der Waals surface area contributed by atoms with Gasteiger partial charge in [-0.15, -0.1) is 0 Å². The normalized spacial score (nSPS) is 25.7. The van der Waals surface area contributed by atoms with Crippen molar-refractivity contribution in [2.24, 2.45) is 11.8 Å². The molecule has 0 heterocycles. The number of ketones is 2. The van der Waals surface area contributed by atoms with Crippen LogP contribution in [-0.4, -0.2) is 11.6 Å². The lowest BCUT2D eigenvalue weighted by Gasteiger charge is -2.33. The van der Waals surface area contributed by atoms with E-state index in [1.54, 1.807) is 0 Å². The van der Waals surface area contributed by atoms with Crippen LogP contribution in [-0.2, 0) is 15.0 Å². The van der Waals surface area contributed by atoms with Crippen molar-refractivity contribution in [2.45, 2.75) is 108 Å². The maximum atomic E-state index is 13.3. The summed E-state index contributed by atoms with van der Waals surface area (Å²) in [6.07, 6.45) is 19.5. The Morgan fingerprint density at radius 3 is 2.26 bits per heavy atom. The molecule has 3 aliphatic rings. The highest BCUT2D eigenvalue weighted by Crippen LogP contribution is 2.43. The average molecular weight is 421 g/mol. The number of allylic oxidation sites excluding steroid dienone is 2. The van der Waals surface area contributed by atoms with E-state index in [4.69, 9.17) is 0 Å². The molecule has 2 fully saturated rings. The monoisotopic (exact) mass is 420 g/mol. The maximum absolute atomic E-state index is 13.3. The molecule has 2 heteroatoms. The molecule has 0 bridgehead atoms. The van der Waals surface area contributed by atoms with E-state index in [-0.39, 0.29) is 5.41 Å². The number of rotatable bonds is 8. The quantitative estimate of drug-likeness (QED) is 0.408. The fraction of sp³-hybridized carbons (Fsp3) is 0.655. The molecule has 2 atom stereocenters. The van der Waals surface area contributed by atoms with Gasteiger partial charge in [-0.1, -0.05) is 68.5 Å². The zero-order chi connectivity index (χ0) is 21.5. The molecule has 0 aliphatic heterocycles. The molecule has 1 aromatic rings. The van der Waals surface area contributed by atoms with Crippen molar-refractivity contribution in [3.8, 4) is 0 Å². The van der Waals surface area contributed by atoms with E-state index in [2.05, 4.69) is 30.3 Å². The lowest BCUT2D eigenvalue weighted by Crippen LogP contribution is -2.32. The Morgan fingerprint density at radius 2 is 1.48 bits per heavy atom. The molecule has 0 spiro atoms. The Kier molecular flexibility index (Phi) is 7.80. The van der Waals surface area contributed by atoms with Gasteiger partial charge in [0.15, 0.2) is 5.78 Å². The Balaban J connectivity index is 1.28. The lowest BCUT2D eigenvalue weighted by atomic mass is 9.72. The van der Waals surface area contributed by atoms with E-state index < -0.39 is 0 Å². The lowest BCUT2D eigenvalue weighted by molar-refractivity contribution is -0.125. The van der Waals surface area contributed by atoms with Gasteiger partial charge in [0.2, 0.25) is 0 Å². The number of carbonyl (C=O) groups is 2. The van der Waals surface area contributed by atoms with Crippen LogP contribution >= 0.6 is 0 Å². The summed E-state index contributed by atoms with van der Waals surface area (Å²) in [5.74, 6) is 2.35. The minimum Gasteiger partial charge on any atom is -0.299 e. The van der Waals surface area contributed by atoms with Crippen LogP contribution in [0.5, 0.6) is 0 Å². The standard InChI is InChI=1S/C29H40O2/c30-27(25-15-7-5-13-23-12-4-6-14-24(23)22-25)18-8-9-19-28(31)29(20-10-11-21-29)26-16-2-1-3-17-26/h1-3,15-17,23-24H,4-14,18-22H2. The maximum Gasteiger partial charge on any atom is 0.158 e. The van der Waals surface area contributed by atoms with Crippen LogP contribution in [0.15, 0.2) is 42.0 Å². The van der Waals surface area contributed by atoms with E-state index >= 15 is 0 Å². The molecule has 0 amide bonds. The molecule has 4 rings (SSSR count). The van der Waals surface area contributed by atoms with Crippen molar-refractivity contribution in [3.63, 3.8) is 0 Å². The van der Waals surface area contributed by atoms with Crippen molar-refractivity contribution in [2.75, 3.05) is 0 Å². The molecule has 2 saturated carbocycles. The molecule has 0 radical (unpaired) electrons. The second kappa shape index (κ2) is 10.7. The minimum absolute atomic E-state index is 0.261. The van der Waals surface area contributed by atoms with E-state index in [9.17, 15) is 9.59 Å². The summed E-state index contributed by atoms with van der Waals surface area (Å²) in [7, 11) is 0. The number of carbonyl (C=O) groups excluding carboxylic acids is 2. The van der Waals surface area contributed by atoms with Crippen LogP contribution in [0.4, 0.5) is 0 Å². The van der Waals surface area contributed by atoms with Gasteiger partial charge in [0.05, 0.1) is 5.41 Å². The summed E-state index contributed by atoms with van der Waals surface area (Å²) >= 11 is 0. The Hall–Kier alpha value is -1.70. The molecular weight excluding hydrogens is 380 g/mol. The van der Waals surface area contributed by atoms with Crippen LogP contribution in [0.25, 0.3) is 0 Å². The summed E-state index contributed by atoms with van der Waals surface area (Å²) in [4.78, 5) is 26.2. The van der Waals surface area contributed by atoms with Gasteiger partial charge in [-0.05, 0) is 80.8 Å². The third-order valence-corrected chi connectivity index (χ3v) is 8.45. The first-order valence-corrected chi connectivity index (χ1v) is 13.0. The molecule has 168 valence electrons. The van der Waals surface area contributed by atoms with Gasteiger partial charge in [0, 0.05) is 12.8 Å². The molecule has 1 aromatic carbocycles. The van der Waals surface area contributed by atoms with Crippen LogP contribution in [0, 0.1) is 11.8 Å². The summed E-state index contributed by atoms with van der Waals surface area (Å²) in [5, 5.41) is 0. The second-order valence-electron chi connectivity index (χ2n) is 10.4. The van der Waals surface area contributed by atoms with Gasteiger partial charge in [0.25, 0.3) is 0 Å². The topological polar surface area (TPSA) is 34.1 Å². The van der Waals surface area contributed by atoms with Gasteiger partial charge in [0.1, 0.15) is 5.78 Å². The highest BCUT2D eigenvalue weighted by Gasteiger charge is 2.41. The molecule has 0 saturated heterocycles. The zero-order valence-electron chi connectivity index (χ0n) is 19.2. The van der Waals surface area contributed by atoms with Gasteiger partial charge < -0.3 is 0 Å². The van der Waals surface area contributed by atoms with Crippen molar-refractivity contribution < 1.29 is 9.59 Å². The van der Waals surface area contributed by atoms with Gasteiger partial charge in [-0.25, -0.2) is 0 Å². The number of benzene rings is 1. The number of hydrogen-bond donors (Lipinski definition) is 0. The first-order chi connectivity index (χ1) is 15.2. The average Bonchev–Trinajstić information content (AvgIpc) is 3.29. The van der Waals surface area contributed by atoms with Gasteiger partial charge in [-0.2, -0.15) is 0 Å². The van der Waals surface area contributed by atoms with Crippen molar-refractivity contribution in [1.29, 1.82) is 0 Å². The predicted molar refractivity (Wildman–Crippen MR) is 127 cm³/mol. The highest BCUT2D eigenvalue weighted by atomic mass is 16.1. The second-order valence-corrected chi connectivity index (χ2v) is 10.4. The van der Waals surface area contributed by atoms with Crippen molar-refractivity contribution in [3.05, 3.63) is 47.5 Å². The minimum atomic E-state index is -0.261. The molecule has 3 aliphatic carbocycles. The van der Waals surface area contributed by atoms with E-state index in [0.29, 0.717) is 24.4 Å². The summed E-state index contributed by atoms with van der Waals surface area (Å²) in [6, 6.07) is 10.4. The highest BCUT2D eigenvalue weighted by molar-refractivity contribution is 5.95. The van der Waals surface area contributed by atoms with Crippen LogP contribution in [0.2, 0.25) is 0 Å². The number of unbranched alkanes of at least 4 members (excludes halogenated alkanes) is 1. The molecule has 2 nitrogen and oxygen atoms in total. The number of hydrogen-bond acceptors (Lipinski definition) is 2.